The van der Waals surface area contributed by atoms with E-state index in [1.165, 1.54) is 32.1 Å². The molecule has 0 amide bonds. The van der Waals surface area contributed by atoms with Crippen LogP contribution >= 0.6 is 0 Å². The molecule has 1 saturated carbocycles. The molecule has 0 aromatic heterocycles. The van der Waals surface area contributed by atoms with Crippen molar-refractivity contribution in [2.24, 2.45) is 5.41 Å². The summed E-state index contributed by atoms with van der Waals surface area (Å²) in [6, 6.07) is 0.528. The van der Waals surface area contributed by atoms with Gasteiger partial charge in [-0.15, -0.1) is 0 Å². The van der Waals surface area contributed by atoms with Crippen LogP contribution < -0.4 is 5.32 Å². The van der Waals surface area contributed by atoms with Crippen LogP contribution in [0.1, 0.15) is 52.9 Å². The Morgan fingerprint density at radius 1 is 1.13 bits per heavy atom. The van der Waals surface area contributed by atoms with Crippen LogP contribution in [-0.4, -0.2) is 24.8 Å². The first-order chi connectivity index (χ1) is 7.04. The highest BCUT2D eigenvalue weighted by atomic mass is 16.5. The molecule has 1 heterocycles. The second kappa shape index (κ2) is 4.06. The molecule has 2 fully saturated rings. The maximum Gasteiger partial charge on any atom is 0.0832 e. The lowest BCUT2D eigenvalue weighted by atomic mass is 9.82. The molecule has 0 radical (unpaired) electrons. The van der Waals surface area contributed by atoms with Crippen LogP contribution in [0.15, 0.2) is 0 Å². The minimum Gasteiger partial charge on any atom is -0.372 e. The summed E-state index contributed by atoms with van der Waals surface area (Å²) < 4.78 is 6.13. The van der Waals surface area contributed by atoms with Gasteiger partial charge in [0, 0.05) is 12.6 Å². The van der Waals surface area contributed by atoms with Crippen molar-refractivity contribution in [3.8, 4) is 0 Å². The zero-order valence-corrected chi connectivity index (χ0v) is 10.4. The van der Waals surface area contributed by atoms with Crippen molar-refractivity contribution < 1.29 is 4.74 Å². The Morgan fingerprint density at radius 2 is 1.93 bits per heavy atom. The highest BCUT2D eigenvalue weighted by molar-refractivity contribution is 4.96. The molecule has 1 N–H and O–H groups in total. The third-order valence-electron chi connectivity index (χ3n) is 4.41. The van der Waals surface area contributed by atoms with E-state index in [1.807, 2.05) is 0 Å². The first-order valence-electron chi connectivity index (χ1n) is 6.42. The Labute approximate surface area is 93.8 Å². The second-order valence-electron chi connectivity index (χ2n) is 6.11. The third kappa shape index (κ3) is 2.36. The van der Waals surface area contributed by atoms with E-state index < -0.39 is 0 Å². The molecule has 0 aromatic rings. The molecule has 15 heavy (non-hydrogen) atoms. The van der Waals surface area contributed by atoms with Gasteiger partial charge in [0.05, 0.1) is 12.2 Å². The summed E-state index contributed by atoms with van der Waals surface area (Å²) in [5.74, 6) is 0. The van der Waals surface area contributed by atoms with Gasteiger partial charge in [0.1, 0.15) is 0 Å². The summed E-state index contributed by atoms with van der Waals surface area (Å²) in [4.78, 5) is 0. The predicted octanol–water partition coefficient (Wildman–Crippen LogP) is 2.72. The SMILES string of the molecule is CC1NCCOC12CCCC(C)(C)CC2. The Hall–Kier alpha value is -0.0800. The quantitative estimate of drug-likeness (QED) is 0.665. The van der Waals surface area contributed by atoms with Crippen molar-refractivity contribution in [3.63, 3.8) is 0 Å². The lowest BCUT2D eigenvalue weighted by molar-refractivity contribution is -0.102. The van der Waals surface area contributed by atoms with E-state index in [2.05, 4.69) is 26.1 Å². The number of morpholine rings is 1. The monoisotopic (exact) mass is 211 g/mol. The standard InChI is InChI=1S/C13H25NO/c1-11-13(15-10-9-14-11)6-4-5-12(2,3)7-8-13/h11,14H,4-10H2,1-3H3. The largest absolute Gasteiger partial charge is 0.372 e. The number of rotatable bonds is 0. The molecule has 0 aromatic carbocycles. The van der Waals surface area contributed by atoms with Crippen molar-refractivity contribution >= 4 is 0 Å². The van der Waals surface area contributed by atoms with Crippen molar-refractivity contribution in [2.75, 3.05) is 13.2 Å². The van der Waals surface area contributed by atoms with E-state index in [9.17, 15) is 0 Å². The normalized spacial score (nSPS) is 41.4. The molecular weight excluding hydrogens is 186 g/mol. The molecule has 1 spiro atoms. The molecule has 2 rings (SSSR count). The Balaban J connectivity index is 2.07. The van der Waals surface area contributed by atoms with Gasteiger partial charge in [-0.25, -0.2) is 0 Å². The van der Waals surface area contributed by atoms with Crippen molar-refractivity contribution in [3.05, 3.63) is 0 Å². The second-order valence-corrected chi connectivity index (χ2v) is 6.11. The molecule has 2 heteroatoms. The number of nitrogens with one attached hydrogen (secondary N) is 1. The number of hydrogen-bond acceptors (Lipinski definition) is 2. The molecule has 88 valence electrons. The van der Waals surface area contributed by atoms with Crippen LogP contribution in [0.4, 0.5) is 0 Å². The van der Waals surface area contributed by atoms with Crippen LogP contribution in [0.3, 0.4) is 0 Å². The van der Waals surface area contributed by atoms with Gasteiger partial charge in [0.15, 0.2) is 0 Å². The summed E-state index contributed by atoms with van der Waals surface area (Å²) >= 11 is 0. The first kappa shape index (κ1) is 11.4. The maximum atomic E-state index is 6.13. The van der Waals surface area contributed by atoms with Gasteiger partial charge in [0.2, 0.25) is 0 Å². The molecule has 1 aliphatic carbocycles. The van der Waals surface area contributed by atoms with Crippen LogP contribution in [-0.2, 0) is 4.74 Å². The van der Waals surface area contributed by atoms with Gasteiger partial charge in [-0.05, 0) is 44.4 Å². The summed E-state index contributed by atoms with van der Waals surface area (Å²) in [5, 5.41) is 3.57. The molecule has 2 aliphatic rings. The van der Waals surface area contributed by atoms with Crippen LogP contribution in [0.5, 0.6) is 0 Å². The Kier molecular flexibility index (Phi) is 3.09. The van der Waals surface area contributed by atoms with Crippen molar-refractivity contribution in [2.45, 2.75) is 64.5 Å². The van der Waals surface area contributed by atoms with E-state index in [0.29, 0.717) is 11.5 Å². The fraction of sp³-hybridized carbons (Fsp3) is 1.00. The van der Waals surface area contributed by atoms with Crippen molar-refractivity contribution in [1.82, 2.24) is 5.32 Å². The third-order valence-corrected chi connectivity index (χ3v) is 4.41. The summed E-state index contributed by atoms with van der Waals surface area (Å²) in [5.41, 5.74) is 0.663. The van der Waals surface area contributed by atoms with E-state index in [-0.39, 0.29) is 5.60 Å². The predicted molar refractivity (Wildman–Crippen MR) is 63.0 cm³/mol. The smallest absolute Gasteiger partial charge is 0.0832 e. The Bertz CT molecular complexity index is 227. The average molecular weight is 211 g/mol. The fourth-order valence-electron chi connectivity index (χ4n) is 3.08. The summed E-state index contributed by atoms with van der Waals surface area (Å²) in [7, 11) is 0. The van der Waals surface area contributed by atoms with Crippen molar-refractivity contribution in [1.29, 1.82) is 0 Å². The van der Waals surface area contributed by atoms with E-state index in [0.717, 1.165) is 13.2 Å². The first-order valence-corrected chi connectivity index (χ1v) is 6.42. The lowest BCUT2D eigenvalue weighted by Gasteiger charge is -2.43. The Morgan fingerprint density at radius 3 is 2.67 bits per heavy atom. The minimum atomic E-state index is 0.145. The van der Waals surface area contributed by atoms with Gasteiger partial charge < -0.3 is 10.1 Å². The zero-order valence-electron chi connectivity index (χ0n) is 10.4. The van der Waals surface area contributed by atoms with E-state index in [1.54, 1.807) is 0 Å². The zero-order chi connectivity index (χ0) is 10.9. The van der Waals surface area contributed by atoms with Crippen LogP contribution in [0, 0.1) is 5.41 Å². The molecule has 0 bridgehead atoms. The summed E-state index contributed by atoms with van der Waals surface area (Å²) in [6.45, 7) is 8.99. The number of ether oxygens (including phenoxy) is 1. The molecule has 1 saturated heterocycles. The van der Waals surface area contributed by atoms with Gasteiger partial charge in [0.25, 0.3) is 0 Å². The fourth-order valence-corrected chi connectivity index (χ4v) is 3.08. The van der Waals surface area contributed by atoms with E-state index >= 15 is 0 Å². The minimum absolute atomic E-state index is 0.145. The van der Waals surface area contributed by atoms with Gasteiger partial charge in [-0.1, -0.05) is 13.8 Å². The van der Waals surface area contributed by atoms with Gasteiger partial charge >= 0.3 is 0 Å². The molecule has 2 unspecified atom stereocenters. The molecular formula is C13H25NO. The highest BCUT2D eigenvalue weighted by Gasteiger charge is 2.42. The van der Waals surface area contributed by atoms with Gasteiger partial charge in [-0.2, -0.15) is 0 Å². The number of hydrogen-bond donors (Lipinski definition) is 1. The maximum absolute atomic E-state index is 6.13. The van der Waals surface area contributed by atoms with Gasteiger partial charge in [-0.3, -0.25) is 0 Å². The molecule has 1 aliphatic heterocycles. The van der Waals surface area contributed by atoms with E-state index in [4.69, 9.17) is 4.74 Å². The average Bonchev–Trinajstić information content (AvgIpc) is 2.32. The summed E-state index contributed by atoms with van der Waals surface area (Å²) in [6.07, 6.45) is 6.45. The lowest BCUT2D eigenvalue weighted by Crippen LogP contribution is -2.56. The molecule has 2 atom stereocenters. The topological polar surface area (TPSA) is 21.3 Å². The molecule has 2 nitrogen and oxygen atoms in total. The highest BCUT2D eigenvalue weighted by Crippen LogP contribution is 2.41. The van der Waals surface area contributed by atoms with Crippen LogP contribution in [0.25, 0.3) is 0 Å². The van der Waals surface area contributed by atoms with Crippen LogP contribution in [0.2, 0.25) is 0 Å².